The van der Waals surface area contributed by atoms with E-state index in [0.717, 1.165) is 7.11 Å². The second-order valence-corrected chi connectivity index (χ2v) is 3.43. The van der Waals surface area contributed by atoms with Crippen LogP contribution in [0.15, 0.2) is 12.1 Å². The van der Waals surface area contributed by atoms with Crippen LogP contribution in [0.2, 0.25) is 0 Å². The monoisotopic (exact) mass is 276 g/mol. The Bertz CT molecular complexity index is 500. The van der Waals surface area contributed by atoms with Crippen molar-refractivity contribution in [2.45, 2.75) is 13.3 Å². The predicted molar refractivity (Wildman–Crippen MR) is 58.9 cm³/mol. The molecule has 1 rings (SSSR count). The average molecular weight is 276 g/mol. The first-order valence-corrected chi connectivity index (χ1v) is 5.29. The molecule has 0 unspecified atom stereocenters. The van der Waals surface area contributed by atoms with E-state index in [4.69, 9.17) is 0 Å². The first kappa shape index (κ1) is 15.0. The molecule has 0 aliphatic heterocycles. The summed E-state index contributed by atoms with van der Waals surface area (Å²) in [5.74, 6) is -4.21. The maximum absolute atomic E-state index is 13.5. The summed E-state index contributed by atoms with van der Waals surface area (Å²) in [5.41, 5.74) is -1.30. The van der Waals surface area contributed by atoms with Crippen LogP contribution < -0.4 is 4.74 Å². The van der Waals surface area contributed by atoms with Gasteiger partial charge in [-0.15, -0.1) is 0 Å². The molecule has 0 N–H and O–H groups in total. The molecule has 104 valence electrons. The zero-order valence-corrected chi connectivity index (χ0v) is 10.2. The lowest BCUT2D eigenvalue weighted by molar-refractivity contribution is -0.137. The van der Waals surface area contributed by atoms with E-state index in [1.165, 1.54) is 6.92 Å². The maximum atomic E-state index is 13.5. The third-order valence-corrected chi connectivity index (χ3v) is 2.23. The van der Waals surface area contributed by atoms with E-state index in [2.05, 4.69) is 9.47 Å². The number of rotatable bonds is 5. The zero-order chi connectivity index (χ0) is 14.6. The van der Waals surface area contributed by atoms with Crippen molar-refractivity contribution in [1.29, 1.82) is 0 Å². The van der Waals surface area contributed by atoms with Gasteiger partial charge in [-0.05, 0) is 19.1 Å². The molecule has 0 aliphatic carbocycles. The number of halogens is 3. The smallest absolute Gasteiger partial charge is 0.379 e. The van der Waals surface area contributed by atoms with Crippen molar-refractivity contribution in [2.24, 2.45) is 0 Å². The Hall–Kier alpha value is -2.05. The van der Waals surface area contributed by atoms with Gasteiger partial charge in [0.05, 0.1) is 19.3 Å². The second kappa shape index (κ2) is 6.21. The van der Waals surface area contributed by atoms with Crippen LogP contribution in [0.4, 0.5) is 13.2 Å². The molecular formula is C12H11F3O4. The number of esters is 1. The van der Waals surface area contributed by atoms with Gasteiger partial charge in [0.25, 0.3) is 12.2 Å². The van der Waals surface area contributed by atoms with Crippen molar-refractivity contribution in [1.82, 2.24) is 0 Å². The molecule has 0 saturated heterocycles. The van der Waals surface area contributed by atoms with Crippen LogP contribution >= 0.6 is 0 Å². The molecule has 7 heteroatoms. The Kier molecular flexibility index (Phi) is 4.91. The number of ketones is 1. The number of hydrogen-bond donors (Lipinski definition) is 0. The molecule has 0 atom stereocenters. The SMILES string of the molecule is CCOC(=O)C(=O)c1cc(C(F)F)cc(F)c1OC. The Labute approximate surface area is 107 Å². The molecule has 0 spiro atoms. The number of carbonyl (C=O) groups excluding carboxylic acids is 2. The summed E-state index contributed by atoms with van der Waals surface area (Å²) in [6, 6.07) is 1.26. The van der Waals surface area contributed by atoms with Crippen molar-refractivity contribution in [3.8, 4) is 5.75 Å². The lowest BCUT2D eigenvalue weighted by atomic mass is 10.1. The van der Waals surface area contributed by atoms with Gasteiger partial charge in [-0.3, -0.25) is 4.79 Å². The van der Waals surface area contributed by atoms with Gasteiger partial charge >= 0.3 is 5.97 Å². The van der Waals surface area contributed by atoms with E-state index < -0.39 is 40.9 Å². The summed E-state index contributed by atoms with van der Waals surface area (Å²) in [5, 5.41) is 0. The number of Topliss-reactive ketones (excluding diaryl/α,β-unsaturated/α-hetero) is 1. The predicted octanol–water partition coefficient (Wildman–Crippen LogP) is 2.52. The van der Waals surface area contributed by atoms with Gasteiger partial charge < -0.3 is 9.47 Å². The Morgan fingerprint density at radius 1 is 1.32 bits per heavy atom. The van der Waals surface area contributed by atoms with Crippen LogP contribution in [0.3, 0.4) is 0 Å². The van der Waals surface area contributed by atoms with Crippen molar-refractivity contribution in [3.63, 3.8) is 0 Å². The Balaban J connectivity index is 3.31. The fraction of sp³-hybridized carbons (Fsp3) is 0.333. The lowest BCUT2D eigenvalue weighted by Gasteiger charge is -2.10. The molecule has 0 aromatic heterocycles. The molecule has 19 heavy (non-hydrogen) atoms. The van der Waals surface area contributed by atoms with E-state index in [0.29, 0.717) is 12.1 Å². The summed E-state index contributed by atoms with van der Waals surface area (Å²) >= 11 is 0. The third kappa shape index (κ3) is 3.24. The van der Waals surface area contributed by atoms with Crippen LogP contribution in [-0.4, -0.2) is 25.5 Å². The van der Waals surface area contributed by atoms with Crippen LogP contribution in [0, 0.1) is 5.82 Å². The molecule has 0 aliphatic rings. The standard InChI is InChI=1S/C12H11F3O4/c1-3-19-12(17)9(16)7-4-6(11(14)15)5-8(13)10(7)18-2/h4-5,11H,3H2,1-2H3. The van der Waals surface area contributed by atoms with Gasteiger partial charge in [0.1, 0.15) is 0 Å². The maximum Gasteiger partial charge on any atom is 0.379 e. The molecule has 0 amide bonds. The van der Waals surface area contributed by atoms with Gasteiger partial charge in [-0.1, -0.05) is 0 Å². The number of alkyl halides is 2. The number of methoxy groups -OCH3 is 1. The second-order valence-electron chi connectivity index (χ2n) is 3.43. The van der Waals surface area contributed by atoms with Crippen molar-refractivity contribution < 1.29 is 32.2 Å². The highest BCUT2D eigenvalue weighted by atomic mass is 19.3. The molecule has 0 bridgehead atoms. The fourth-order valence-corrected chi connectivity index (χ4v) is 1.42. The summed E-state index contributed by atoms with van der Waals surface area (Å²) < 4.78 is 47.7. The summed E-state index contributed by atoms with van der Waals surface area (Å²) in [7, 11) is 1.06. The normalized spacial score (nSPS) is 10.4. The molecule has 1 aromatic carbocycles. The van der Waals surface area contributed by atoms with Gasteiger partial charge in [0.2, 0.25) is 0 Å². The zero-order valence-electron chi connectivity index (χ0n) is 10.2. The number of benzene rings is 1. The minimum absolute atomic E-state index is 0.0656. The van der Waals surface area contributed by atoms with Crippen molar-refractivity contribution in [3.05, 3.63) is 29.1 Å². The molecule has 0 fully saturated rings. The van der Waals surface area contributed by atoms with Gasteiger partial charge in [0.15, 0.2) is 11.6 Å². The van der Waals surface area contributed by atoms with E-state index in [1.54, 1.807) is 0 Å². The topological polar surface area (TPSA) is 52.6 Å². The van der Waals surface area contributed by atoms with Gasteiger partial charge in [-0.25, -0.2) is 18.0 Å². The van der Waals surface area contributed by atoms with Crippen molar-refractivity contribution >= 4 is 11.8 Å². The minimum atomic E-state index is -2.98. The van der Waals surface area contributed by atoms with Gasteiger partial charge in [-0.2, -0.15) is 0 Å². The first-order chi connectivity index (χ1) is 8.92. The summed E-state index contributed by atoms with van der Waals surface area (Å²) in [4.78, 5) is 22.9. The highest BCUT2D eigenvalue weighted by Gasteiger charge is 2.26. The number of hydrogen-bond acceptors (Lipinski definition) is 4. The van der Waals surface area contributed by atoms with E-state index >= 15 is 0 Å². The average Bonchev–Trinajstić information content (AvgIpc) is 2.36. The Morgan fingerprint density at radius 3 is 2.42 bits per heavy atom. The highest BCUT2D eigenvalue weighted by Crippen LogP contribution is 2.29. The lowest BCUT2D eigenvalue weighted by Crippen LogP contribution is -2.19. The summed E-state index contributed by atoms with van der Waals surface area (Å²) in [6.45, 7) is 1.41. The Morgan fingerprint density at radius 2 is 1.95 bits per heavy atom. The molecule has 4 nitrogen and oxygen atoms in total. The molecule has 1 aromatic rings. The van der Waals surface area contributed by atoms with E-state index in [-0.39, 0.29) is 6.61 Å². The summed E-state index contributed by atoms with van der Waals surface area (Å²) in [6.07, 6.45) is -2.98. The first-order valence-electron chi connectivity index (χ1n) is 5.29. The van der Waals surface area contributed by atoms with Crippen LogP contribution in [0.5, 0.6) is 5.75 Å². The largest absolute Gasteiger partial charge is 0.493 e. The number of carbonyl (C=O) groups is 2. The minimum Gasteiger partial charge on any atom is -0.493 e. The van der Waals surface area contributed by atoms with Crippen LogP contribution in [-0.2, 0) is 9.53 Å². The van der Waals surface area contributed by atoms with E-state index in [9.17, 15) is 22.8 Å². The fourth-order valence-electron chi connectivity index (χ4n) is 1.42. The third-order valence-electron chi connectivity index (χ3n) is 2.23. The molecular weight excluding hydrogens is 265 g/mol. The number of ether oxygens (including phenoxy) is 2. The quantitative estimate of drug-likeness (QED) is 0.471. The molecule has 0 saturated carbocycles. The van der Waals surface area contributed by atoms with Crippen molar-refractivity contribution in [2.75, 3.05) is 13.7 Å². The highest BCUT2D eigenvalue weighted by molar-refractivity contribution is 6.41. The molecule has 0 radical (unpaired) electrons. The van der Waals surface area contributed by atoms with Gasteiger partial charge in [0, 0.05) is 5.56 Å². The van der Waals surface area contributed by atoms with Crippen LogP contribution in [0.25, 0.3) is 0 Å². The molecule has 0 heterocycles. The van der Waals surface area contributed by atoms with E-state index in [1.807, 2.05) is 0 Å². The van der Waals surface area contributed by atoms with Crippen LogP contribution in [0.1, 0.15) is 29.3 Å².